The highest BCUT2D eigenvalue weighted by Crippen LogP contribution is 2.10. The van der Waals surface area contributed by atoms with E-state index in [-0.39, 0.29) is 0 Å². The highest BCUT2D eigenvalue weighted by Gasteiger charge is 1.90. The molecule has 0 aliphatic carbocycles. The Kier molecular flexibility index (Phi) is 2.72. The highest BCUT2D eigenvalue weighted by molar-refractivity contribution is 6.30. The van der Waals surface area contributed by atoms with Crippen LogP contribution in [0, 0.1) is 6.61 Å². The number of methoxy groups -OCH3 is 1. The van der Waals surface area contributed by atoms with Crippen LogP contribution in [-0.4, -0.2) is 7.11 Å². The predicted molar refractivity (Wildman–Crippen MR) is 41.9 cm³/mol. The topological polar surface area (TPSA) is 9.23 Å². The molecular formula is C8H8ClO. The van der Waals surface area contributed by atoms with Crippen molar-refractivity contribution < 1.29 is 4.74 Å². The lowest BCUT2D eigenvalue weighted by molar-refractivity contribution is 0.292. The van der Waals surface area contributed by atoms with Gasteiger partial charge >= 0.3 is 0 Å². The second-order valence-corrected chi connectivity index (χ2v) is 2.34. The van der Waals surface area contributed by atoms with Gasteiger partial charge < -0.3 is 4.74 Å². The molecule has 0 aliphatic heterocycles. The molecule has 1 radical (unpaired) electrons. The molecule has 0 fully saturated rings. The molecular weight excluding hydrogens is 148 g/mol. The van der Waals surface area contributed by atoms with Crippen LogP contribution >= 0.6 is 11.6 Å². The molecule has 2 heteroatoms. The average molecular weight is 156 g/mol. The highest BCUT2D eigenvalue weighted by atomic mass is 35.5. The Bertz CT molecular complexity index is 193. The van der Waals surface area contributed by atoms with Gasteiger partial charge in [-0.3, -0.25) is 0 Å². The summed E-state index contributed by atoms with van der Waals surface area (Å²) in [5.74, 6) is 0. The van der Waals surface area contributed by atoms with Crippen molar-refractivity contribution in [3.63, 3.8) is 0 Å². The minimum absolute atomic E-state index is 0.744. The van der Waals surface area contributed by atoms with Crippen molar-refractivity contribution in [3.05, 3.63) is 41.5 Å². The zero-order valence-corrected chi connectivity index (χ0v) is 6.43. The molecule has 1 aromatic carbocycles. The van der Waals surface area contributed by atoms with E-state index in [1.54, 1.807) is 13.7 Å². The van der Waals surface area contributed by atoms with Gasteiger partial charge in [-0.2, -0.15) is 0 Å². The molecule has 0 aromatic heterocycles. The van der Waals surface area contributed by atoms with Gasteiger partial charge in [-0.15, -0.1) is 0 Å². The van der Waals surface area contributed by atoms with E-state index < -0.39 is 0 Å². The second-order valence-electron chi connectivity index (χ2n) is 1.91. The third-order valence-corrected chi connectivity index (χ3v) is 1.38. The average Bonchev–Trinajstić information content (AvgIpc) is 1.95. The lowest BCUT2D eigenvalue weighted by Gasteiger charge is -1.96. The molecule has 1 aromatic rings. The molecule has 0 saturated carbocycles. The van der Waals surface area contributed by atoms with Crippen LogP contribution in [0.4, 0.5) is 0 Å². The summed E-state index contributed by atoms with van der Waals surface area (Å²) in [7, 11) is 1.62. The van der Waals surface area contributed by atoms with Gasteiger partial charge in [-0.1, -0.05) is 23.7 Å². The van der Waals surface area contributed by atoms with Crippen molar-refractivity contribution in [2.45, 2.75) is 0 Å². The van der Waals surface area contributed by atoms with Crippen molar-refractivity contribution in [1.29, 1.82) is 0 Å². The zero-order valence-electron chi connectivity index (χ0n) is 5.67. The van der Waals surface area contributed by atoms with E-state index in [0.29, 0.717) is 0 Å². The van der Waals surface area contributed by atoms with Gasteiger partial charge in [-0.25, -0.2) is 0 Å². The van der Waals surface area contributed by atoms with Crippen LogP contribution in [0.1, 0.15) is 5.56 Å². The monoisotopic (exact) mass is 155 g/mol. The lowest BCUT2D eigenvalue weighted by Crippen LogP contribution is -1.81. The maximum atomic E-state index is 5.66. The van der Waals surface area contributed by atoms with Gasteiger partial charge in [0.1, 0.15) is 6.61 Å². The van der Waals surface area contributed by atoms with Gasteiger partial charge in [0.25, 0.3) is 0 Å². The van der Waals surface area contributed by atoms with Crippen molar-refractivity contribution in [2.24, 2.45) is 0 Å². The molecule has 0 bridgehead atoms. The van der Waals surface area contributed by atoms with Gasteiger partial charge in [0.15, 0.2) is 0 Å². The maximum Gasteiger partial charge on any atom is 0.112 e. The number of halogens is 1. The van der Waals surface area contributed by atoms with E-state index in [2.05, 4.69) is 0 Å². The summed E-state index contributed by atoms with van der Waals surface area (Å²) in [5, 5.41) is 0.744. The third-order valence-electron chi connectivity index (χ3n) is 1.12. The molecule has 0 amide bonds. The Morgan fingerprint density at radius 1 is 1.30 bits per heavy atom. The quantitative estimate of drug-likeness (QED) is 0.638. The van der Waals surface area contributed by atoms with E-state index >= 15 is 0 Å². The molecule has 0 heterocycles. The molecule has 0 spiro atoms. The zero-order chi connectivity index (χ0) is 7.40. The van der Waals surface area contributed by atoms with E-state index in [0.717, 1.165) is 10.6 Å². The first-order chi connectivity index (χ1) is 4.83. The van der Waals surface area contributed by atoms with Gasteiger partial charge in [0, 0.05) is 12.1 Å². The van der Waals surface area contributed by atoms with Crippen LogP contribution in [0.2, 0.25) is 5.02 Å². The maximum absolute atomic E-state index is 5.66. The molecule has 0 N–H and O–H groups in total. The summed E-state index contributed by atoms with van der Waals surface area (Å²) in [6, 6.07) is 7.44. The number of hydrogen-bond acceptors (Lipinski definition) is 1. The molecule has 0 atom stereocenters. The van der Waals surface area contributed by atoms with Crippen LogP contribution in [-0.2, 0) is 4.74 Å². The SMILES string of the molecule is CO[CH]c1ccc(Cl)cc1. The number of hydrogen-bond donors (Lipinski definition) is 0. The summed E-state index contributed by atoms with van der Waals surface area (Å²) in [5.41, 5.74) is 1.02. The van der Waals surface area contributed by atoms with Gasteiger partial charge in [0.2, 0.25) is 0 Å². The van der Waals surface area contributed by atoms with Crippen LogP contribution in [0.3, 0.4) is 0 Å². The molecule has 1 nitrogen and oxygen atoms in total. The van der Waals surface area contributed by atoms with Crippen molar-refractivity contribution in [2.75, 3.05) is 7.11 Å². The first-order valence-corrected chi connectivity index (χ1v) is 3.32. The van der Waals surface area contributed by atoms with Crippen LogP contribution in [0.25, 0.3) is 0 Å². The fraction of sp³-hybridized carbons (Fsp3) is 0.125. The standard InChI is InChI=1S/C8H8ClO/c1-10-6-7-2-4-8(9)5-3-7/h2-6H,1H3. The van der Waals surface area contributed by atoms with Crippen molar-refractivity contribution >= 4 is 11.6 Å². The summed E-state index contributed by atoms with van der Waals surface area (Å²) in [6.07, 6.45) is 0. The second kappa shape index (κ2) is 3.59. The first-order valence-electron chi connectivity index (χ1n) is 2.94. The molecule has 1 rings (SSSR count). The molecule has 53 valence electrons. The summed E-state index contributed by atoms with van der Waals surface area (Å²) in [4.78, 5) is 0. The molecule has 0 saturated heterocycles. The van der Waals surface area contributed by atoms with Crippen LogP contribution < -0.4 is 0 Å². The smallest absolute Gasteiger partial charge is 0.112 e. The summed E-state index contributed by atoms with van der Waals surface area (Å²) >= 11 is 5.66. The van der Waals surface area contributed by atoms with Crippen LogP contribution in [0.15, 0.2) is 24.3 Å². The van der Waals surface area contributed by atoms with Crippen LogP contribution in [0.5, 0.6) is 0 Å². The van der Waals surface area contributed by atoms with Crippen molar-refractivity contribution in [3.8, 4) is 0 Å². The normalized spacial score (nSPS) is 9.80. The Balaban J connectivity index is 2.69. The van der Waals surface area contributed by atoms with E-state index in [4.69, 9.17) is 16.3 Å². The Morgan fingerprint density at radius 3 is 2.40 bits per heavy atom. The molecule has 0 aliphatic rings. The molecule has 0 unspecified atom stereocenters. The summed E-state index contributed by atoms with van der Waals surface area (Å²) < 4.78 is 4.80. The number of ether oxygens (including phenoxy) is 1. The van der Waals surface area contributed by atoms with E-state index in [1.165, 1.54) is 0 Å². The minimum Gasteiger partial charge on any atom is -0.374 e. The largest absolute Gasteiger partial charge is 0.374 e. The Morgan fingerprint density at radius 2 is 1.90 bits per heavy atom. The van der Waals surface area contributed by atoms with Crippen molar-refractivity contribution in [1.82, 2.24) is 0 Å². The molecule has 10 heavy (non-hydrogen) atoms. The van der Waals surface area contributed by atoms with Gasteiger partial charge in [-0.05, 0) is 17.7 Å². The Labute approximate surface area is 65.6 Å². The predicted octanol–water partition coefficient (Wildman–Crippen LogP) is 2.50. The fourth-order valence-electron chi connectivity index (χ4n) is 0.677. The van der Waals surface area contributed by atoms with E-state index in [9.17, 15) is 0 Å². The number of benzene rings is 1. The summed E-state index contributed by atoms with van der Waals surface area (Å²) in [6.45, 7) is 1.66. The number of rotatable bonds is 2. The van der Waals surface area contributed by atoms with Gasteiger partial charge in [0.05, 0.1) is 0 Å². The van der Waals surface area contributed by atoms with E-state index in [1.807, 2.05) is 24.3 Å². The first kappa shape index (κ1) is 7.58. The third kappa shape index (κ3) is 2.01. The Hall–Kier alpha value is -0.530. The fourth-order valence-corrected chi connectivity index (χ4v) is 0.803. The lowest BCUT2D eigenvalue weighted by atomic mass is 10.2. The minimum atomic E-state index is 0.744.